The largest absolute Gasteiger partial charge is 0.480 e. The van der Waals surface area contributed by atoms with Gasteiger partial charge in [0.1, 0.15) is 5.82 Å². The summed E-state index contributed by atoms with van der Waals surface area (Å²) in [5, 5.41) is 8.40. The average molecular weight is 232 g/mol. The molecule has 0 heterocycles. The Balaban J connectivity index is 3.22. The van der Waals surface area contributed by atoms with E-state index < -0.39 is 27.4 Å². The lowest BCUT2D eigenvalue weighted by Gasteiger charge is -2.05. The van der Waals surface area contributed by atoms with Gasteiger partial charge in [0.25, 0.3) is 0 Å². The van der Waals surface area contributed by atoms with Crippen molar-refractivity contribution in [3.05, 3.63) is 29.6 Å². The van der Waals surface area contributed by atoms with Crippen LogP contribution in [0.5, 0.6) is 0 Å². The molecule has 0 aliphatic rings. The van der Waals surface area contributed by atoms with E-state index in [9.17, 15) is 17.6 Å². The van der Waals surface area contributed by atoms with Gasteiger partial charge < -0.3 is 5.11 Å². The molecule has 1 aromatic carbocycles. The molecule has 1 N–H and O–H groups in total. The van der Waals surface area contributed by atoms with E-state index in [4.69, 9.17) is 5.11 Å². The first-order valence-corrected chi connectivity index (χ1v) is 5.69. The lowest BCUT2D eigenvalue weighted by atomic mass is 10.2. The van der Waals surface area contributed by atoms with Gasteiger partial charge in [-0.3, -0.25) is 4.79 Å². The molecule has 82 valence electrons. The van der Waals surface area contributed by atoms with Gasteiger partial charge in [-0.05, 0) is 30.7 Å². The van der Waals surface area contributed by atoms with Gasteiger partial charge in [-0.15, -0.1) is 0 Å². The smallest absolute Gasteiger partial charge is 0.319 e. The number of hydrogen-bond acceptors (Lipinski definition) is 3. The summed E-state index contributed by atoms with van der Waals surface area (Å²) in [7, 11) is -3.87. The molecule has 0 saturated carbocycles. The molecule has 0 atom stereocenters. The molecule has 1 aromatic rings. The molecule has 0 aromatic heterocycles. The van der Waals surface area contributed by atoms with Crippen molar-refractivity contribution in [2.75, 3.05) is 5.75 Å². The van der Waals surface area contributed by atoms with Crippen LogP contribution in [0.3, 0.4) is 0 Å². The maximum absolute atomic E-state index is 12.7. The number of sulfone groups is 1. The maximum atomic E-state index is 12.7. The minimum absolute atomic E-state index is 0.147. The van der Waals surface area contributed by atoms with Crippen LogP contribution in [0.4, 0.5) is 4.39 Å². The van der Waals surface area contributed by atoms with Gasteiger partial charge >= 0.3 is 5.97 Å². The highest BCUT2D eigenvalue weighted by molar-refractivity contribution is 7.92. The Morgan fingerprint density at radius 1 is 1.47 bits per heavy atom. The van der Waals surface area contributed by atoms with Crippen molar-refractivity contribution in [1.29, 1.82) is 0 Å². The lowest BCUT2D eigenvalue weighted by Crippen LogP contribution is -2.16. The van der Waals surface area contributed by atoms with Gasteiger partial charge in [0, 0.05) is 0 Å². The zero-order chi connectivity index (χ0) is 11.6. The minimum Gasteiger partial charge on any atom is -0.480 e. The summed E-state index contributed by atoms with van der Waals surface area (Å²) in [6.07, 6.45) is 0. The Kier molecular flexibility index (Phi) is 3.09. The topological polar surface area (TPSA) is 71.4 Å². The number of hydrogen-bond donors (Lipinski definition) is 1. The number of carbonyl (C=O) groups is 1. The predicted molar refractivity (Wildman–Crippen MR) is 50.8 cm³/mol. The zero-order valence-electron chi connectivity index (χ0n) is 7.90. The fraction of sp³-hybridized carbons (Fsp3) is 0.222. The SMILES string of the molecule is Cc1cc(F)ccc1S(=O)(=O)CC(=O)O. The predicted octanol–water partition coefficient (Wildman–Crippen LogP) is 0.992. The number of benzene rings is 1. The summed E-state index contributed by atoms with van der Waals surface area (Å²) in [6, 6.07) is 3.11. The number of carboxylic acid groups (broad SMARTS) is 1. The van der Waals surface area contributed by atoms with Crippen LogP contribution in [-0.4, -0.2) is 25.2 Å². The Morgan fingerprint density at radius 2 is 2.07 bits per heavy atom. The van der Waals surface area contributed by atoms with Crippen molar-refractivity contribution in [3.63, 3.8) is 0 Å². The molecule has 0 spiro atoms. The van der Waals surface area contributed by atoms with Gasteiger partial charge in [0.05, 0.1) is 4.90 Å². The second kappa shape index (κ2) is 3.98. The van der Waals surface area contributed by atoms with E-state index in [-0.39, 0.29) is 10.5 Å². The van der Waals surface area contributed by atoms with Crippen molar-refractivity contribution >= 4 is 15.8 Å². The zero-order valence-corrected chi connectivity index (χ0v) is 8.71. The first-order chi connectivity index (χ1) is 6.83. The quantitative estimate of drug-likeness (QED) is 0.789. The van der Waals surface area contributed by atoms with E-state index >= 15 is 0 Å². The number of aliphatic carboxylic acids is 1. The molecule has 4 nitrogen and oxygen atoms in total. The Hall–Kier alpha value is -1.43. The van der Waals surface area contributed by atoms with Crippen LogP contribution in [0.15, 0.2) is 23.1 Å². The Bertz CT molecular complexity index is 493. The van der Waals surface area contributed by atoms with Crippen LogP contribution in [-0.2, 0) is 14.6 Å². The highest BCUT2D eigenvalue weighted by atomic mass is 32.2. The molecular formula is C9H9FO4S. The fourth-order valence-electron chi connectivity index (χ4n) is 1.20. The minimum atomic E-state index is -3.87. The molecule has 0 fully saturated rings. The highest BCUT2D eigenvalue weighted by Gasteiger charge is 2.20. The molecule has 0 aliphatic carbocycles. The van der Waals surface area contributed by atoms with Gasteiger partial charge in [-0.1, -0.05) is 0 Å². The highest BCUT2D eigenvalue weighted by Crippen LogP contribution is 2.17. The second-order valence-corrected chi connectivity index (χ2v) is 5.02. The molecule has 6 heteroatoms. The van der Waals surface area contributed by atoms with Gasteiger partial charge in [0.2, 0.25) is 0 Å². The molecule has 0 unspecified atom stereocenters. The third kappa shape index (κ3) is 2.76. The van der Waals surface area contributed by atoms with E-state index in [0.717, 1.165) is 18.2 Å². The molecule has 0 saturated heterocycles. The van der Waals surface area contributed by atoms with Crippen molar-refractivity contribution in [2.24, 2.45) is 0 Å². The third-order valence-corrected chi connectivity index (χ3v) is 3.54. The maximum Gasteiger partial charge on any atom is 0.319 e. The van der Waals surface area contributed by atoms with E-state index in [1.165, 1.54) is 6.92 Å². The van der Waals surface area contributed by atoms with Gasteiger partial charge in [-0.2, -0.15) is 0 Å². The summed E-state index contributed by atoms with van der Waals surface area (Å²) >= 11 is 0. The molecule has 0 bridgehead atoms. The van der Waals surface area contributed by atoms with Gasteiger partial charge in [-0.25, -0.2) is 12.8 Å². The second-order valence-electron chi connectivity index (χ2n) is 3.06. The van der Waals surface area contributed by atoms with Crippen LogP contribution in [0.2, 0.25) is 0 Å². The van der Waals surface area contributed by atoms with Crippen LogP contribution in [0.25, 0.3) is 0 Å². The number of rotatable bonds is 3. The monoisotopic (exact) mass is 232 g/mol. The summed E-state index contributed by atoms with van der Waals surface area (Å²) < 4.78 is 35.6. The molecule has 0 amide bonds. The Morgan fingerprint density at radius 3 is 2.53 bits per heavy atom. The molecule has 15 heavy (non-hydrogen) atoms. The van der Waals surface area contributed by atoms with Crippen LogP contribution < -0.4 is 0 Å². The summed E-state index contributed by atoms with van der Waals surface area (Å²) in [4.78, 5) is 10.2. The van der Waals surface area contributed by atoms with E-state index in [1.54, 1.807) is 0 Å². The lowest BCUT2D eigenvalue weighted by molar-refractivity contribution is -0.134. The number of carboxylic acids is 1. The molecular weight excluding hydrogens is 223 g/mol. The van der Waals surface area contributed by atoms with Gasteiger partial charge in [0.15, 0.2) is 15.6 Å². The molecule has 0 radical (unpaired) electrons. The third-order valence-electron chi connectivity index (χ3n) is 1.79. The standard InChI is InChI=1S/C9H9FO4S/c1-6-4-7(10)2-3-8(6)15(13,14)5-9(11)12/h2-4H,5H2,1H3,(H,11,12). The van der Waals surface area contributed by atoms with Crippen LogP contribution >= 0.6 is 0 Å². The molecule has 0 aliphatic heterocycles. The van der Waals surface area contributed by atoms with Crippen molar-refractivity contribution in [1.82, 2.24) is 0 Å². The Labute approximate surface area is 86.3 Å². The van der Waals surface area contributed by atoms with Crippen LogP contribution in [0.1, 0.15) is 5.56 Å². The van der Waals surface area contributed by atoms with E-state index in [2.05, 4.69) is 0 Å². The van der Waals surface area contributed by atoms with E-state index in [0.29, 0.717) is 0 Å². The van der Waals surface area contributed by atoms with Crippen molar-refractivity contribution in [3.8, 4) is 0 Å². The first-order valence-electron chi connectivity index (χ1n) is 4.03. The number of halogens is 1. The fourth-order valence-corrected chi connectivity index (χ4v) is 2.51. The first kappa shape index (κ1) is 11.6. The number of aryl methyl sites for hydroxylation is 1. The van der Waals surface area contributed by atoms with E-state index in [1.807, 2.05) is 0 Å². The summed E-state index contributed by atoms with van der Waals surface area (Å²) in [5.41, 5.74) is 0.205. The van der Waals surface area contributed by atoms with Crippen molar-refractivity contribution in [2.45, 2.75) is 11.8 Å². The normalized spacial score (nSPS) is 11.3. The summed E-state index contributed by atoms with van der Waals surface area (Å²) in [6.45, 7) is 1.41. The average Bonchev–Trinajstić information content (AvgIpc) is 1.99. The van der Waals surface area contributed by atoms with Crippen LogP contribution in [0, 0.1) is 12.7 Å². The summed E-state index contributed by atoms with van der Waals surface area (Å²) in [5.74, 6) is -2.97. The van der Waals surface area contributed by atoms with Crippen molar-refractivity contribution < 1.29 is 22.7 Å². The molecule has 1 rings (SSSR count).